The molecule has 0 atom stereocenters. The summed E-state index contributed by atoms with van der Waals surface area (Å²) in [7, 11) is 0. The molecule has 0 saturated carbocycles. The Balaban J connectivity index is 1.66. The molecule has 0 N–H and O–H groups in total. The number of amides is 1. The number of halogens is 1. The largest absolute Gasteiger partial charge is 0.528 e. The molecule has 4 aromatic rings. The quantitative estimate of drug-likeness (QED) is 0.389. The molecule has 0 aliphatic carbocycles. The van der Waals surface area contributed by atoms with Gasteiger partial charge in [-0.1, -0.05) is 36.4 Å². The van der Waals surface area contributed by atoms with E-state index in [4.69, 9.17) is 4.74 Å². The van der Waals surface area contributed by atoms with Gasteiger partial charge in [-0.05, 0) is 55.7 Å². The van der Waals surface area contributed by atoms with Crippen LogP contribution >= 0.6 is 0 Å². The van der Waals surface area contributed by atoms with Crippen molar-refractivity contribution in [2.24, 2.45) is 0 Å². The predicted octanol–water partition coefficient (Wildman–Crippen LogP) is 5.55. The zero-order valence-corrected chi connectivity index (χ0v) is 18.0. The number of hydrogen-bond donors (Lipinski definition) is 0. The highest BCUT2D eigenvalue weighted by Crippen LogP contribution is 2.36. The zero-order valence-electron chi connectivity index (χ0n) is 18.0. The van der Waals surface area contributed by atoms with Gasteiger partial charge < -0.3 is 4.74 Å². The lowest BCUT2D eigenvalue weighted by Crippen LogP contribution is -2.58. The predicted molar refractivity (Wildman–Crippen MR) is 124 cm³/mol. The summed E-state index contributed by atoms with van der Waals surface area (Å²) in [6, 6.07) is 21.8. The van der Waals surface area contributed by atoms with Crippen molar-refractivity contribution < 1.29 is 18.7 Å². The minimum absolute atomic E-state index is 0.147. The number of piperidine rings is 1. The number of fused-ring (bicyclic) bond motifs is 1. The number of para-hydroxylation sites is 1. The maximum atomic E-state index is 14.2. The van der Waals surface area contributed by atoms with E-state index in [1.165, 1.54) is 16.8 Å². The van der Waals surface area contributed by atoms with Gasteiger partial charge in [-0.2, -0.15) is 14.0 Å². The van der Waals surface area contributed by atoms with E-state index in [0.717, 1.165) is 19.3 Å². The molecule has 1 aliphatic heterocycles. The normalized spacial score (nSPS) is 15.3. The third kappa shape index (κ3) is 3.81. The molecule has 5 rings (SSSR count). The van der Waals surface area contributed by atoms with Crippen LogP contribution in [-0.4, -0.2) is 34.9 Å². The lowest BCUT2D eigenvalue weighted by atomic mass is 10.1. The first-order chi connectivity index (χ1) is 16.1. The minimum atomic E-state index is -0.479. The number of carbonyl (C=O) groups excluding carboxylic acids is 2. The molecular weight excluding hydrogens is 421 g/mol. The summed E-state index contributed by atoms with van der Waals surface area (Å²) >= 11 is 0. The highest BCUT2D eigenvalue weighted by atomic mass is 19.1. The molecule has 1 fully saturated rings. The molecule has 33 heavy (non-hydrogen) atoms. The molecular formula is C26H23FN3O3+. The van der Waals surface area contributed by atoms with Crippen molar-refractivity contribution in [1.29, 1.82) is 0 Å². The van der Waals surface area contributed by atoms with Gasteiger partial charge >= 0.3 is 6.09 Å². The van der Waals surface area contributed by atoms with Crippen LogP contribution in [-0.2, 0) is 0 Å². The Morgan fingerprint density at radius 1 is 0.879 bits per heavy atom. The van der Waals surface area contributed by atoms with Gasteiger partial charge in [-0.3, -0.25) is 4.79 Å². The topological polar surface area (TPSA) is 61.2 Å². The molecule has 1 amide bonds. The van der Waals surface area contributed by atoms with Crippen molar-refractivity contribution in [3.05, 3.63) is 90.2 Å². The fourth-order valence-corrected chi connectivity index (χ4v) is 4.46. The maximum Gasteiger partial charge on any atom is 0.528 e. The molecule has 0 radical (unpaired) electrons. The fraction of sp³-hybridized carbons (Fsp3) is 0.192. The lowest BCUT2D eigenvalue weighted by Gasteiger charge is -2.35. The van der Waals surface area contributed by atoms with Gasteiger partial charge in [-0.15, -0.1) is 5.10 Å². The number of carbonyl (C=O) groups is 2. The van der Waals surface area contributed by atoms with E-state index in [1.54, 1.807) is 54.6 Å². The van der Waals surface area contributed by atoms with Gasteiger partial charge in [0.05, 0.1) is 24.0 Å². The SMILES string of the molecule is O=C(c1ccccc1)n1nc([N+]2(C(=O)Oc3ccccc3)CCCCC2)c2ccc(F)cc21. The summed E-state index contributed by atoms with van der Waals surface area (Å²) in [5.41, 5.74) is 0.754. The zero-order chi connectivity index (χ0) is 22.8. The molecule has 3 aromatic carbocycles. The van der Waals surface area contributed by atoms with Crippen molar-refractivity contribution in [1.82, 2.24) is 14.3 Å². The van der Waals surface area contributed by atoms with Crippen LogP contribution < -0.4 is 9.22 Å². The molecule has 2 heterocycles. The first-order valence-corrected chi connectivity index (χ1v) is 11.0. The molecule has 7 heteroatoms. The average Bonchev–Trinajstić information content (AvgIpc) is 3.24. The number of nitrogens with zero attached hydrogens (tertiary/aromatic N) is 3. The Bertz CT molecular complexity index is 1310. The lowest BCUT2D eigenvalue weighted by molar-refractivity contribution is 0.0947. The van der Waals surface area contributed by atoms with E-state index in [9.17, 15) is 14.0 Å². The van der Waals surface area contributed by atoms with Crippen LogP contribution in [0.15, 0.2) is 78.9 Å². The molecule has 6 nitrogen and oxygen atoms in total. The van der Waals surface area contributed by atoms with Gasteiger partial charge in [0.25, 0.3) is 11.7 Å². The van der Waals surface area contributed by atoms with E-state index in [0.29, 0.717) is 41.1 Å². The van der Waals surface area contributed by atoms with Gasteiger partial charge in [-0.25, -0.2) is 4.39 Å². The number of benzene rings is 3. The number of likely N-dealkylation sites (tertiary alicyclic amines) is 1. The Kier molecular flexibility index (Phi) is 5.48. The van der Waals surface area contributed by atoms with Crippen molar-refractivity contribution in [2.45, 2.75) is 19.3 Å². The van der Waals surface area contributed by atoms with Crippen LogP contribution in [0.2, 0.25) is 0 Å². The molecule has 1 aromatic heterocycles. The molecule has 0 spiro atoms. The molecule has 0 bridgehead atoms. The van der Waals surface area contributed by atoms with Crippen molar-refractivity contribution in [3.8, 4) is 5.75 Å². The molecule has 1 saturated heterocycles. The standard InChI is InChI=1S/C26H23FN3O3/c27-20-14-15-22-23(18-20)29(25(31)19-10-4-1-5-11-19)28-24(22)30(16-8-3-9-17-30)26(32)33-21-12-6-2-7-13-21/h1-2,4-7,10-15,18H,3,8-9,16-17H2/q+1. The Labute approximate surface area is 190 Å². The molecule has 166 valence electrons. The number of quaternary nitrogens is 1. The summed E-state index contributed by atoms with van der Waals surface area (Å²) in [4.78, 5) is 26.9. The van der Waals surface area contributed by atoms with Gasteiger partial charge in [0.1, 0.15) is 11.6 Å². The third-order valence-electron chi connectivity index (χ3n) is 6.12. The van der Waals surface area contributed by atoms with E-state index >= 15 is 0 Å². The van der Waals surface area contributed by atoms with Crippen LogP contribution in [0, 0.1) is 5.82 Å². The fourth-order valence-electron chi connectivity index (χ4n) is 4.46. The summed E-state index contributed by atoms with van der Waals surface area (Å²) in [5.74, 6) is -0.00668. The van der Waals surface area contributed by atoms with Gasteiger partial charge in [0.15, 0.2) is 0 Å². The summed E-state index contributed by atoms with van der Waals surface area (Å²) < 4.78 is 21.0. The average molecular weight is 444 g/mol. The van der Waals surface area contributed by atoms with Crippen molar-refractivity contribution in [2.75, 3.05) is 13.1 Å². The van der Waals surface area contributed by atoms with Crippen molar-refractivity contribution >= 4 is 28.7 Å². The van der Waals surface area contributed by atoms with Crippen LogP contribution in [0.4, 0.5) is 15.0 Å². The third-order valence-corrected chi connectivity index (χ3v) is 6.12. The highest BCUT2D eigenvalue weighted by molar-refractivity contribution is 6.05. The second-order valence-electron chi connectivity index (χ2n) is 8.22. The molecule has 1 aliphatic rings. The van der Waals surface area contributed by atoms with E-state index in [1.807, 2.05) is 12.1 Å². The first kappa shape index (κ1) is 21.0. The van der Waals surface area contributed by atoms with Crippen molar-refractivity contribution in [3.63, 3.8) is 0 Å². The number of hydrogen-bond acceptors (Lipinski definition) is 4. The van der Waals surface area contributed by atoms with E-state index in [2.05, 4.69) is 5.10 Å². The summed E-state index contributed by atoms with van der Waals surface area (Å²) in [6.45, 7) is 0.989. The van der Waals surface area contributed by atoms with E-state index < -0.39 is 11.9 Å². The van der Waals surface area contributed by atoms with Gasteiger partial charge in [0, 0.05) is 11.6 Å². The van der Waals surface area contributed by atoms with Crippen LogP contribution in [0.1, 0.15) is 29.6 Å². The van der Waals surface area contributed by atoms with Gasteiger partial charge in [0.2, 0.25) is 0 Å². The molecule has 0 unspecified atom stereocenters. The van der Waals surface area contributed by atoms with Crippen LogP contribution in [0.25, 0.3) is 10.9 Å². The summed E-state index contributed by atoms with van der Waals surface area (Å²) in [5, 5.41) is 5.20. The number of rotatable bonds is 3. The first-order valence-electron chi connectivity index (χ1n) is 11.0. The monoisotopic (exact) mass is 444 g/mol. The minimum Gasteiger partial charge on any atom is -0.380 e. The number of ether oxygens (including phenoxy) is 1. The highest BCUT2D eigenvalue weighted by Gasteiger charge is 2.47. The Morgan fingerprint density at radius 2 is 1.55 bits per heavy atom. The second kappa shape index (κ2) is 8.60. The second-order valence-corrected chi connectivity index (χ2v) is 8.22. The van der Waals surface area contributed by atoms with Crippen LogP contribution in [0.3, 0.4) is 0 Å². The summed E-state index contributed by atoms with van der Waals surface area (Å²) in [6.07, 6.45) is 2.16. The Hall–Kier alpha value is -3.84. The van der Waals surface area contributed by atoms with Crippen LogP contribution in [0.5, 0.6) is 5.75 Å². The smallest absolute Gasteiger partial charge is 0.380 e. The number of aromatic nitrogens is 2. The van der Waals surface area contributed by atoms with E-state index in [-0.39, 0.29) is 10.4 Å². The Morgan fingerprint density at radius 3 is 2.24 bits per heavy atom. The maximum absolute atomic E-state index is 14.2.